The molecule has 1 N–H and O–H groups in total. The topological polar surface area (TPSA) is 51.0 Å². The van der Waals surface area contributed by atoms with Gasteiger partial charge < -0.3 is 9.84 Å². The highest BCUT2D eigenvalue weighted by Gasteiger charge is 2.20. The Labute approximate surface area is 120 Å². The Morgan fingerprint density at radius 1 is 1.32 bits per heavy atom. The van der Waals surface area contributed by atoms with Gasteiger partial charge in [0, 0.05) is 16.9 Å². The molecule has 0 bridgehead atoms. The van der Waals surface area contributed by atoms with Crippen LogP contribution in [0.2, 0.25) is 0 Å². The first-order valence-electron chi connectivity index (χ1n) is 6.59. The summed E-state index contributed by atoms with van der Waals surface area (Å²) in [5.74, 6) is 1.94. The second-order valence-corrected chi connectivity index (χ2v) is 5.81. The van der Waals surface area contributed by atoms with Crippen molar-refractivity contribution in [2.24, 2.45) is 0 Å². The first-order valence-corrected chi connectivity index (χ1v) is 7.38. The molecule has 0 spiro atoms. The fraction of sp³-hybridized carbons (Fsp3) is 0.429. The molecule has 19 heavy (non-hydrogen) atoms. The SMILES string of the molecule is Brc1ccc(Cc2nc(C3CCCNC3)no2)cc1. The minimum atomic E-state index is 0.399. The Hall–Kier alpha value is -1.20. The number of rotatable bonds is 3. The van der Waals surface area contributed by atoms with Gasteiger partial charge in [0.25, 0.3) is 0 Å². The lowest BCUT2D eigenvalue weighted by Gasteiger charge is -2.19. The molecule has 1 fully saturated rings. The van der Waals surface area contributed by atoms with Gasteiger partial charge in [-0.2, -0.15) is 4.98 Å². The fourth-order valence-corrected chi connectivity index (χ4v) is 2.62. The van der Waals surface area contributed by atoms with Gasteiger partial charge in [0.2, 0.25) is 5.89 Å². The first kappa shape index (κ1) is 12.8. The van der Waals surface area contributed by atoms with Gasteiger partial charge in [0.1, 0.15) is 0 Å². The molecule has 1 aliphatic rings. The third kappa shape index (κ3) is 3.22. The van der Waals surface area contributed by atoms with Crippen LogP contribution in [0.4, 0.5) is 0 Å². The minimum Gasteiger partial charge on any atom is -0.339 e. The Kier molecular flexibility index (Phi) is 3.94. The Morgan fingerprint density at radius 2 is 2.16 bits per heavy atom. The molecule has 1 aliphatic heterocycles. The smallest absolute Gasteiger partial charge is 0.231 e. The summed E-state index contributed by atoms with van der Waals surface area (Å²) in [5, 5.41) is 7.49. The van der Waals surface area contributed by atoms with Crippen LogP contribution in [0.3, 0.4) is 0 Å². The van der Waals surface area contributed by atoms with Crippen molar-refractivity contribution in [3.63, 3.8) is 0 Å². The van der Waals surface area contributed by atoms with Crippen LogP contribution in [-0.4, -0.2) is 23.2 Å². The Balaban J connectivity index is 1.68. The largest absolute Gasteiger partial charge is 0.339 e. The zero-order valence-corrected chi connectivity index (χ0v) is 12.2. The van der Waals surface area contributed by atoms with E-state index in [1.165, 1.54) is 12.0 Å². The van der Waals surface area contributed by atoms with Crippen molar-refractivity contribution in [1.29, 1.82) is 0 Å². The van der Waals surface area contributed by atoms with Crippen LogP contribution in [0.15, 0.2) is 33.3 Å². The number of hydrogen-bond acceptors (Lipinski definition) is 4. The summed E-state index contributed by atoms with van der Waals surface area (Å²) in [6.45, 7) is 2.05. The standard InChI is InChI=1S/C14H16BrN3O/c15-12-5-3-10(4-6-12)8-13-17-14(18-19-13)11-2-1-7-16-9-11/h3-6,11,16H,1-2,7-9H2. The molecule has 1 saturated heterocycles. The second kappa shape index (κ2) is 5.84. The van der Waals surface area contributed by atoms with E-state index < -0.39 is 0 Å². The normalized spacial score (nSPS) is 19.5. The summed E-state index contributed by atoms with van der Waals surface area (Å²) >= 11 is 3.43. The maximum absolute atomic E-state index is 5.35. The summed E-state index contributed by atoms with van der Waals surface area (Å²) < 4.78 is 6.43. The lowest BCUT2D eigenvalue weighted by Crippen LogP contribution is -2.28. The van der Waals surface area contributed by atoms with Crippen LogP contribution in [-0.2, 0) is 6.42 Å². The molecule has 1 aromatic heterocycles. The van der Waals surface area contributed by atoms with Crippen LogP contribution in [0.1, 0.15) is 36.0 Å². The van der Waals surface area contributed by atoms with Gasteiger partial charge in [-0.05, 0) is 37.1 Å². The van der Waals surface area contributed by atoms with E-state index in [0.29, 0.717) is 18.2 Å². The number of hydrogen-bond donors (Lipinski definition) is 1. The third-order valence-corrected chi connectivity index (χ3v) is 3.94. The maximum atomic E-state index is 5.35. The monoisotopic (exact) mass is 321 g/mol. The molecule has 3 rings (SSSR count). The average Bonchev–Trinajstić information content (AvgIpc) is 2.91. The summed E-state index contributed by atoms with van der Waals surface area (Å²) in [5.41, 5.74) is 1.18. The Morgan fingerprint density at radius 3 is 2.89 bits per heavy atom. The molecule has 1 atom stereocenters. The molecule has 100 valence electrons. The number of halogens is 1. The Bertz CT molecular complexity index is 532. The van der Waals surface area contributed by atoms with Gasteiger partial charge in [-0.3, -0.25) is 0 Å². The van der Waals surface area contributed by atoms with Gasteiger partial charge >= 0.3 is 0 Å². The van der Waals surface area contributed by atoms with Crippen molar-refractivity contribution in [1.82, 2.24) is 15.5 Å². The lowest BCUT2D eigenvalue weighted by atomic mass is 9.99. The van der Waals surface area contributed by atoms with E-state index in [4.69, 9.17) is 4.52 Å². The highest BCUT2D eigenvalue weighted by atomic mass is 79.9. The third-order valence-electron chi connectivity index (χ3n) is 3.41. The second-order valence-electron chi connectivity index (χ2n) is 4.89. The highest BCUT2D eigenvalue weighted by Crippen LogP contribution is 2.21. The fourth-order valence-electron chi connectivity index (χ4n) is 2.35. The summed E-state index contributed by atoms with van der Waals surface area (Å²) in [4.78, 5) is 4.52. The molecule has 5 heteroatoms. The quantitative estimate of drug-likeness (QED) is 0.944. The van der Waals surface area contributed by atoms with E-state index in [0.717, 1.165) is 29.8 Å². The van der Waals surface area contributed by atoms with Crippen molar-refractivity contribution in [2.75, 3.05) is 13.1 Å². The van der Waals surface area contributed by atoms with E-state index in [1.807, 2.05) is 12.1 Å². The highest BCUT2D eigenvalue weighted by molar-refractivity contribution is 9.10. The summed E-state index contributed by atoms with van der Waals surface area (Å²) in [6, 6.07) is 8.18. The molecule has 4 nitrogen and oxygen atoms in total. The zero-order valence-electron chi connectivity index (χ0n) is 10.6. The number of aromatic nitrogens is 2. The van der Waals surface area contributed by atoms with Crippen LogP contribution in [0.25, 0.3) is 0 Å². The van der Waals surface area contributed by atoms with Crippen molar-refractivity contribution in [3.8, 4) is 0 Å². The number of benzene rings is 1. The molecule has 0 amide bonds. The van der Waals surface area contributed by atoms with Crippen LogP contribution >= 0.6 is 15.9 Å². The molecule has 2 heterocycles. The van der Waals surface area contributed by atoms with Gasteiger partial charge in [0.05, 0.1) is 6.42 Å². The first-order chi connectivity index (χ1) is 9.31. The maximum Gasteiger partial charge on any atom is 0.231 e. The van der Waals surface area contributed by atoms with Gasteiger partial charge in [0.15, 0.2) is 5.82 Å². The number of nitrogens with one attached hydrogen (secondary N) is 1. The predicted molar refractivity (Wildman–Crippen MR) is 76.1 cm³/mol. The zero-order chi connectivity index (χ0) is 13.1. The summed E-state index contributed by atoms with van der Waals surface area (Å²) in [7, 11) is 0. The minimum absolute atomic E-state index is 0.399. The van der Waals surface area contributed by atoms with Crippen molar-refractivity contribution in [3.05, 3.63) is 46.0 Å². The molecule has 0 aliphatic carbocycles. The lowest BCUT2D eigenvalue weighted by molar-refractivity contribution is 0.366. The van der Waals surface area contributed by atoms with Crippen LogP contribution in [0.5, 0.6) is 0 Å². The number of piperidine rings is 1. The predicted octanol–water partition coefficient (Wildman–Crippen LogP) is 2.89. The molecular weight excluding hydrogens is 306 g/mol. The van der Waals surface area contributed by atoms with Crippen molar-refractivity contribution in [2.45, 2.75) is 25.2 Å². The van der Waals surface area contributed by atoms with Crippen molar-refractivity contribution < 1.29 is 4.52 Å². The van der Waals surface area contributed by atoms with Gasteiger partial charge in [-0.15, -0.1) is 0 Å². The van der Waals surface area contributed by atoms with Gasteiger partial charge in [-0.25, -0.2) is 0 Å². The van der Waals surface area contributed by atoms with E-state index in [-0.39, 0.29) is 0 Å². The molecule has 0 saturated carbocycles. The molecular formula is C14H16BrN3O. The van der Waals surface area contributed by atoms with E-state index in [2.05, 4.69) is 43.5 Å². The molecule has 2 aromatic rings. The average molecular weight is 322 g/mol. The number of nitrogens with zero attached hydrogens (tertiary/aromatic N) is 2. The van der Waals surface area contributed by atoms with Crippen LogP contribution < -0.4 is 5.32 Å². The summed E-state index contributed by atoms with van der Waals surface area (Å²) in [6.07, 6.45) is 3.02. The van der Waals surface area contributed by atoms with E-state index >= 15 is 0 Å². The van der Waals surface area contributed by atoms with Crippen LogP contribution in [0, 0.1) is 0 Å². The molecule has 1 aromatic carbocycles. The van der Waals surface area contributed by atoms with E-state index in [9.17, 15) is 0 Å². The van der Waals surface area contributed by atoms with Crippen molar-refractivity contribution >= 4 is 15.9 Å². The van der Waals surface area contributed by atoms with Gasteiger partial charge in [-0.1, -0.05) is 33.2 Å². The molecule has 1 unspecified atom stereocenters. The molecule has 0 radical (unpaired) electrons. The van der Waals surface area contributed by atoms with E-state index in [1.54, 1.807) is 0 Å².